The lowest BCUT2D eigenvalue weighted by atomic mass is 10.1. The zero-order valence-corrected chi connectivity index (χ0v) is 15.2. The topological polar surface area (TPSA) is 64.6 Å². The van der Waals surface area contributed by atoms with Crippen LogP contribution in [-0.4, -0.2) is 25.1 Å². The molecule has 0 radical (unpaired) electrons. The van der Waals surface area contributed by atoms with Crippen molar-refractivity contribution in [2.45, 2.75) is 26.0 Å². The van der Waals surface area contributed by atoms with Gasteiger partial charge in [0.1, 0.15) is 0 Å². The number of hydrogen-bond acceptors (Lipinski definition) is 4. The predicted octanol–water partition coefficient (Wildman–Crippen LogP) is 3.28. The van der Waals surface area contributed by atoms with Crippen molar-refractivity contribution in [2.75, 3.05) is 7.11 Å². The van der Waals surface area contributed by atoms with Crippen molar-refractivity contribution >= 4 is 23.5 Å². The predicted molar refractivity (Wildman–Crippen MR) is 95.5 cm³/mol. The molecule has 0 aromatic heterocycles. The van der Waals surface area contributed by atoms with Gasteiger partial charge in [0.25, 0.3) is 5.91 Å². The minimum Gasteiger partial charge on any atom is -0.494 e. The van der Waals surface area contributed by atoms with Gasteiger partial charge in [-0.3, -0.25) is 9.59 Å². The Bertz CT molecular complexity index is 797. The van der Waals surface area contributed by atoms with Crippen molar-refractivity contribution in [3.63, 3.8) is 0 Å². The van der Waals surface area contributed by atoms with Crippen LogP contribution in [0, 0.1) is 5.82 Å². The molecule has 26 heavy (non-hydrogen) atoms. The van der Waals surface area contributed by atoms with Crippen molar-refractivity contribution < 1.29 is 23.5 Å². The van der Waals surface area contributed by atoms with Crippen LogP contribution in [0.4, 0.5) is 4.39 Å². The molecule has 0 saturated carbocycles. The summed E-state index contributed by atoms with van der Waals surface area (Å²) in [7, 11) is 1.36. The molecular formula is C19H19ClFNO4. The highest BCUT2D eigenvalue weighted by molar-refractivity contribution is 6.31. The summed E-state index contributed by atoms with van der Waals surface area (Å²) >= 11 is 6.02. The number of benzene rings is 2. The maximum atomic E-state index is 13.6. The average Bonchev–Trinajstić information content (AvgIpc) is 2.60. The summed E-state index contributed by atoms with van der Waals surface area (Å²) in [5, 5.41) is 3.20. The molecule has 2 aromatic rings. The van der Waals surface area contributed by atoms with E-state index in [1.54, 1.807) is 24.3 Å². The first-order valence-corrected chi connectivity index (χ1v) is 8.31. The van der Waals surface area contributed by atoms with Crippen LogP contribution in [0.2, 0.25) is 5.02 Å². The van der Waals surface area contributed by atoms with E-state index in [-0.39, 0.29) is 18.7 Å². The van der Waals surface area contributed by atoms with E-state index in [0.717, 1.165) is 5.56 Å². The van der Waals surface area contributed by atoms with E-state index in [2.05, 4.69) is 5.32 Å². The third-order valence-electron chi connectivity index (χ3n) is 3.65. The second-order valence-corrected chi connectivity index (χ2v) is 5.99. The normalized spacial score (nSPS) is 11.5. The van der Waals surface area contributed by atoms with E-state index in [1.807, 2.05) is 6.07 Å². The Labute approximate surface area is 156 Å². The van der Waals surface area contributed by atoms with Crippen molar-refractivity contribution in [3.05, 3.63) is 64.4 Å². The van der Waals surface area contributed by atoms with E-state index in [4.69, 9.17) is 21.1 Å². The molecule has 1 atom stereocenters. The molecule has 0 bridgehead atoms. The minimum atomic E-state index is -0.979. The first kappa shape index (κ1) is 19.7. The SMILES string of the molecule is COc1ccc(CC(=O)O[C@H](C)C(=O)NCc2ccccc2Cl)cc1F. The molecule has 0 aliphatic rings. The summed E-state index contributed by atoms with van der Waals surface area (Å²) in [5.41, 5.74) is 1.19. The average molecular weight is 380 g/mol. The Morgan fingerprint density at radius 3 is 2.62 bits per heavy atom. The largest absolute Gasteiger partial charge is 0.494 e. The highest BCUT2D eigenvalue weighted by atomic mass is 35.5. The Hall–Kier alpha value is -2.60. The number of ether oxygens (including phenoxy) is 2. The molecule has 5 nitrogen and oxygen atoms in total. The smallest absolute Gasteiger partial charge is 0.311 e. The molecule has 7 heteroatoms. The van der Waals surface area contributed by atoms with Gasteiger partial charge >= 0.3 is 5.97 Å². The molecule has 0 fully saturated rings. The number of esters is 1. The van der Waals surface area contributed by atoms with E-state index >= 15 is 0 Å². The number of methoxy groups -OCH3 is 1. The fourth-order valence-corrected chi connectivity index (χ4v) is 2.45. The van der Waals surface area contributed by atoms with Gasteiger partial charge in [-0.25, -0.2) is 4.39 Å². The molecule has 0 saturated heterocycles. The zero-order valence-electron chi connectivity index (χ0n) is 14.4. The van der Waals surface area contributed by atoms with Crippen LogP contribution in [0.5, 0.6) is 5.75 Å². The first-order chi connectivity index (χ1) is 12.4. The third-order valence-corrected chi connectivity index (χ3v) is 4.02. The van der Waals surface area contributed by atoms with Crippen LogP contribution in [-0.2, 0) is 27.3 Å². The Morgan fingerprint density at radius 2 is 1.96 bits per heavy atom. The number of carbonyl (C=O) groups excluding carboxylic acids is 2. The van der Waals surface area contributed by atoms with E-state index in [1.165, 1.54) is 26.2 Å². The number of halogens is 2. The summed E-state index contributed by atoms with van der Waals surface area (Å²) in [6, 6.07) is 11.3. The standard InChI is InChI=1S/C19H19ClFNO4/c1-12(19(24)22-11-14-5-3-4-6-15(14)20)26-18(23)10-13-7-8-17(25-2)16(21)9-13/h3-9,12H,10-11H2,1-2H3,(H,22,24)/t12-/m1/s1. The van der Waals surface area contributed by atoms with E-state index in [0.29, 0.717) is 10.6 Å². The fraction of sp³-hybridized carbons (Fsp3) is 0.263. The number of nitrogens with one attached hydrogen (secondary N) is 1. The first-order valence-electron chi connectivity index (χ1n) is 7.93. The van der Waals surface area contributed by atoms with Crippen LogP contribution >= 0.6 is 11.6 Å². The fourth-order valence-electron chi connectivity index (χ4n) is 2.25. The summed E-state index contributed by atoms with van der Waals surface area (Å²) < 4.78 is 23.5. The molecule has 0 aliphatic carbocycles. The zero-order chi connectivity index (χ0) is 19.1. The van der Waals surface area contributed by atoms with Gasteiger partial charge in [0.15, 0.2) is 17.7 Å². The molecular weight excluding hydrogens is 361 g/mol. The minimum absolute atomic E-state index is 0.0921. The van der Waals surface area contributed by atoms with E-state index < -0.39 is 23.8 Å². The third kappa shape index (κ3) is 5.46. The quantitative estimate of drug-likeness (QED) is 0.750. The number of hydrogen-bond donors (Lipinski definition) is 1. The van der Waals surface area contributed by atoms with Crippen molar-refractivity contribution in [1.82, 2.24) is 5.32 Å². The molecule has 0 spiro atoms. The molecule has 1 N–H and O–H groups in total. The maximum absolute atomic E-state index is 13.6. The van der Waals surface area contributed by atoms with E-state index in [9.17, 15) is 14.0 Å². The second kappa shape index (κ2) is 9.20. The van der Waals surface area contributed by atoms with Gasteiger partial charge < -0.3 is 14.8 Å². The molecule has 0 unspecified atom stereocenters. The summed E-state index contributed by atoms with van der Waals surface area (Å²) in [5.74, 6) is -1.55. The Kier molecular flexibility index (Phi) is 6.97. The van der Waals surface area contributed by atoms with Gasteiger partial charge in [0.2, 0.25) is 0 Å². The van der Waals surface area contributed by atoms with Gasteiger partial charge in [-0.1, -0.05) is 35.9 Å². The molecule has 0 heterocycles. The molecule has 0 aliphatic heterocycles. The monoisotopic (exact) mass is 379 g/mol. The van der Waals surface area contributed by atoms with Crippen LogP contribution in [0.3, 0.4) is 0 Å². The van der Waals surface area contributed by atoms with Crippen molar-refractivity contribution in [1.29, 1.82) is 0 Å². The lowest BCUT2D eigenvalue weighted by Crippen LogP contribution is -2.35. The van der Waals surface area contributed by atoms with Crippen LogP contribution in [0.1, 0.15) is 18.1 Å². The summed E-state index contributed by atoms with van der Waals surface area (Å²) in [6.45, 7) is 1.69. The summed E-state index contributed by atoms with van der Waals surface area (Å²) in [6.07, 6.45) is -1.13. The van der Waals surface area contributed by atoms with Crippen molar-refractivity contribution in [2.24, 2.45) is 0 Å². The highest BCUT2D eigenvalue weighted by Crippen LogP contribution is 2.18. The summed E-state index contributed by atoms with van der Waals surface area (Å²) in [4.78, 5) is 24.0. The van der Waals surface area contributed by atoms with Gasteiger partial charge in [-0.15, -0.1) is 0 Å². The van der Waals surface area contributed by atoms with Crippen molar-refractivity contribution in [3.8, 4) is 5.75 Å². The van der Waals surface area contributed by atoms with Gasteiger partial charge in [-0.05, 0) is 36.2 Å². The van der Waals surface area contributed by atoms with Gasteiger partial charge in [0.05, 0.1) is 13.5 Å². The maximum Gasteiger partial charge on any atom is 0.311 e. The lowest BCUT2D eigenvalue weighted by Gasteiger charge is -2.14. The lowest BCUT2D eigenvalue weighted by molar-refractivity contribution is -0.154. The molecule has 2 rings (SSSR count). The number of rotatable bonds is 7. The second-order valence-electron chi connectivity index (χ2n) is 5.59. The van der Waals surface area contributed by atoms with Crippen LogP contribution in [0.25, 0.3) is 0 Å². The molecule has 1 amide bonds. The van der Waals surface area contributed by atoms with Gasteiger partial charge in [-0.2, -0.15) is 0 Å². The Balaban J connectivity index is 1.85. The van der Waals surface area contributed by atoms with Crippen LogP contribution < -0.4 is 10.1 Å². The van der Waals surface area contributed by atoms with Crippen LogP contribution in [0.15, 0.2) is 42.5 Å². The number of amides is 1. The molecule has 2 aromatic carbocycles. The van der Waals surface area contributed by atoms with Gasteiger partial charge in [0, 0.05) is 11.6 Å². The highest BCUT2D eigenvalue weighted by Gasteiger charge is 2.18. The Morgan fingerprint density at radius 1 is 1.23 bits per heavy atom. The molecule has 138 valence electrons. The number of carbonyl (C=O) groups is 2.